The predicted octanol–water partition coefficient (Wildman–Crippen LogP) is 1.18. The van der Waals surface area contributed by atoms with E-state index in [1.54, 1.807) is 0 Å². The minimum Gasteiger partial charge on any atom is -0.481 e. The van der Waals surface area contributed by atoms with E-state index in [1.165, 1.54) is 23.4 Å². The van der Waals surface area contributed by atoms with Crippen LogP contribution in [0.4, 0.5) is 19.1 Å². The normalized spacial score (nSPS) is 24.3. The first-order chi connectivity index (χ1) is 8.39. The fraction of sp³-hybridized carbons (Fsp3) is 0.500. The molecule has 1 aliphatic rings. The van der Waals surface area contributed by atoms with Gasteiger partial charge in [-0.15, -0.1) is 0 Å². The summed E-state index contributed by atoms with van der Waals surface area (Å²) in [4.78, 5) is 19.8. The summed E-state index contributed by atoms with van der Waals surface area (Å²) >= 11 is 0. The molecule has 2 heterocycles. The molecule has 98 valence electrons. The first kappa shape index (κ1) is 12.6. The van der Waals surface area contributed by atoms with Gasteiger partial charge in [-0.3, -0.25) is 4.79 Å². The average Bonchev–Trinajstić information content (AvgIpc) is 2.74. The molecule has 1 fully saturated rings. The molecule has 18 heavy (non-hydrogen) atoms. The second-order valence-electron chi connectivity index (χ2n) is 4.05. The van der Waals surface area contributed by atoms with Gasteiger partial charge in [0.2, 0.25) is 5.95 Å². The summed E-state index contributed by atoms with van der Waals surface area (Å²) in [7, 11) is 0. The zero-order valence-electron chi connectivity index (χ0n) is 9.13. The van der Waals surface area contributed by atoms with E-state index in [1.807, 2.05) is 0 Å². The molecule has 1 aliphatic heterocycles. The molecule has 1 aromatic rings. The summed E-state index contributed by atoms with van der Waals surface area (Å²) in [5.41, 5.74) is 0. The van der Waals surface area contributed by atoms with Crippen LogP contribution in [-0.2, 0) is 4.79 Å². The lowest BCUT2D eigenvalue weighted by Crippen LogP contribution is -2.33. The number of nitrogens with zero attached hydrogens (tertiary/aromatic N) is 3. The fourth-order valence-electron chi connectivity index (χ4n) is 2.00. The Morgan fingerprint density at radius 2 is 1.94 bits per heavy atom. The quantitative estimate of drug-likeness (QED) is 0.865. The summed E-state index contributed by atoms with van der Waals surface area (Å²) in [5, 5.41) is 8.84. The average molecular weight is 261 g/mol. The lowest BCUT2D eigenvalue weighted by molar-refractivity contribution is -0.187. The van der Waals surface area contributed by atoms with Crippen molar-refractivity contribution in [2.75, 3.05) is 18.0 Å². The summed E-state index contributed by atoms with van der Waals surface area (Å²) < 4.78 is 38.2. The summed E-state index contributed by atoms with van der Waals surface area (Å²) in [6.45, 7) is -0.659. The van der Waals surface area contributed by atoms with Crippen molar-refractivity contribution in [2.24, 2.45) is 11.8 Å². The predicted molar refractivity (Wildman–Crippen MR) is 54.9 cm³/mol. The molecule has 0 unspecified atom stereocenters. The van der Waals surface area contributed by atoms with Gasteiger partial charge in [0, 0.05) is 25.5 Å². The molecule has 0 bridgehead atoms. The number of hydrogen-bond donors (Lipinski definition) is 1. The molecule has 0 radical (unpaired) electrons. The number of alkyl halides is 3. The van der Waals surface area contributed by atoms with Crippen molar-refractivity contribution in [2.45, 2.75) is 6.18 Å². The monoisotopic (exact) mass is 261 g/mol. The first-order valence-electron chi connectivity index (χ1n) is 5.21. The SMILES string of the molecule is O=C(O)[C@@H]1CN(c2ncccn2)C[C@@H]1C(F)(F)F. The largest absolute Gasteiger partial charge is 0.481 e. The highest BCUT2D eigenvalue weighted by Gasteiger charge is 2.53. The highest BCUT2D eigenvalue weighted by atomic mass is 19.4. The van der Waals surface area contributed by atoms with E-state index in [9.17, 15) is 18.0 Å². The Kier molecular flexibility index (Phi) is 3.10. The Morgan fingerprint density at radius 1 is 1.33 bits per heavy atom. The van der Waals surface area contributed by atoms with Gasteiger partial charge < -0.3 is 10.0 Å². The van der Waals surface area contributed by atoms with E-state index < -0.39 is 30.5 Å². The Hall–Kier alpha value is -1.86. The maximum atomic E-state index is 12.7. The Bertz CT molecular complexity index is 438. The highest BCUT2D eigenvalue weighted by Crippen LogP contribution is 2.38. The molecular weight excluding hydrogens is 251 g/mol. The van der Waals surface area contributed by atoms with Crippen LogP contribution in [0.1, 0.15) is 0 Å². The third kappa shape index (κ3) is 2.36. The van der Waals surface area contributed by atoms with E-state index in [4.69, 9.17) is 5.11 Å². The fourth-order valence-corrected chi connectivity index (χ4v) is 2.00. The molecule has 0 spiro atoms. The summed E-state index contributed by atoms with van der Waals surface area (Å²) in [6, 6.07) is 1.54. The van der Waals surface area contributed by atoms with Crippen LogP contribution < -0.4 is 4.90 Å². The molecule has 0 aliphatic carbocycles. The molecule has 1 aromatic heterocycles. The zero-order valence-corrected chi connectivity index (χ0v) is 9.13. The third-order valence-electron chi connectivity index (χ3n) is 2.89. The van der Waals surface area contributed by atoms with E-state index in [2.05, 4.69) is 9.97 Å². The van der Waals surface area contributed by atoms with Crippen LogP contribution in [0.3, 0.4) is 0 Å². The van der Waals surface area contributed by atoms with E-state index in [0.717, 1.165) is 0 Å². The molecule has 8 heteroatoms. The van der Waals surface area contributed by atoms with Crippen LogP contribution >= 0.6 is 0 Å². The Balaban J connectivity index is 2.22. The van der Waals surface area contributed by atoms with Gasteiger partial charge in [-0.05, 0) is 6.07 Å². The molecule has 1 saturated heterocycles. The molecule has 5 nitrogen and oxygen atoms in total. The lowest BCUT2D eigenvalue weighted by atomic mass is 9.96. The summed E-state index contributed by atoms with van der Waals surface area (Å²) in [6.07, 6.45) is -1.73. The number of aromatic nitrogens is 2. The minimum absolute atomic E-state index is 0.121. The van der Waals surface area contributed by atoms with Crippen LogP contribution in [0.25, 0.3) is 0 Å². The van der Waals surface area contributed by atoms with Crippen molar-refractivity contribution in [1.82, 2.24) is 9.97 Å². The molecular formula is C10H10F3N3O2. The van der Waals surface area contributed by atoms with Crippen LogP contribution in [0.15, 0.2) is 18.5 Å². The highest BCUT2D eigenvalue weighted by molar-refractivity contribution is 5.72. The van der Waals surface area contributed by atoms with Crippen LogP contribution in [0.2, 0.25) is 0 Å². The van der Waals surface area contributed by atoms with Crippen LogP contribution in [-0.4, -0.2) is 40.3 Å². The van der Waals surface area contributed by atoms with Crippen molar-refractivity contribution in [3.8, 4) is 0 Å². The van der Waals surface area contributed by atoms with Gasteiger partial charge in [0.25, 0.3) is 0 Å². The number of carboxylic acids is 1. The third-order valence-corrected chi connectivity index (χ3v) is 2.89. The van der Waals surface area contributed by atoms with Crippen molar-refractivity contribution < 1.29 is 23.1 Å². The molecule has 2 atom stereocenters. The zero-order chi connectivity index (χ0) is 13.3. The number of hydrogen-bond acceptors (Lipinski definition) is 4. The van der Waals surface area contributed by atoms with Crippen molar-refractivity contribution in [1.29, 1.82) is 0 Å². The molecule has 1 N–H and O–H groups in total. The van der Waals surface area contributed by atoms with Gasteiger partial charge in [0.05, 0.1) is 11.8 Å². The van der Waals surface area contributed by atoms with Gasteiger partial charge in [-0.2, -0.15) is 13.2 Å². The molecule has 0 aromatic carbocycles. The first-order valence-corrected chi connectivity index (χ1v) is 5.21. The second kappa shape index (κ2) is 4.43. The minimum atomic E-state index is -4.54. The van der Waals surface area contributed by atoms with Gasteiger partial charge in [0.1, 0.15) is 0 Å². The van der Waals surface area contributed by atoms with Crippen LogP contribution in [0.5, 0.6) is 0 Å². The maximum absolute atomic E-state index is 12.7. The van der Waals surface area contributed by atoms with Gasteiger partial charge >= 0.3 is 12.1 Å². The molecule has 0 amide bonds. The number of carbonyl (C=O) groups is 1. The summed E-state index contributed by atoms with van der Waals surface area (Å²) in [5.74, 6) is -4.70. The van der Waals surface area contributed by atoms with Crippen molar-refractivity contribution in [3.05, 3.63) is 18.5 Å². The molecule has 2 rings (SSSR count). The second-order valence-corrected chi connectivity index (χ2v) is 4.05. The molecule has 0 saturated carbocycles. The van der Waals surface area contributed by atoms with Gasteiger partial charge in [-0.1, -0.05) is 0 Å². The number of aliphatic carboxylic acids is 1. The standard InChI is InChI=1S/C10H10F3N3O2/c11-10(12,13)7-5-16(4-6(7)8(17)18)9-14-2-1-3-15-9/h1-3,6-7H,4-5H2,(H,17,18)/t6-,7+/m1/s1. The smallest absolute Gasteiger partial charge is 0.394 e. The number of rotatable bonds is 2. The van der Waals surface area contributed by atoms with Gasteiger partial charge in [-0.25, -0.2) is 9.97 Å². The van der Waals surface area contributed by atoms with Crippen molar-refractivity contribution >= 4 is 11.9 Å². The Morgan fingerprint density at radius 3 is 2.39 bits per heavy atom. The maximum Gasteiger partial charge on any atom is 0.394 e. The van der Waals surface area contributed by atoms with E-state index in [-0.39, 0.29) is 12.5 Å². The number of anilines is 1. The van der Waals surface area contributed by atoms with E-state index in [0.29, 0.717) is 0 Å². The number of halogens is 3. The van der Waals surface area contributed by atoms with Gasteiger partial charge in [0.15, 0.2) is 0 Å². The number of carboxylic acid groups (broad SMARTS) is 1. The topological polar surface area (TPSA) is 66.3 Å². The van der Waals surface area contributed by atoms with Crippen LogP contribution in [0, 0.1) is 11.8 Å². The lowest BCUT2D eigenvalue weighted by Gasteiger charge is -2.18. The van der Waals surface area contributed by atoms with Crippen molar-refractivity contribution in [3.63, 3.8) is 0 Å². The Labute approximate surface area is 100 Å². The van der Waals surface area contributed by atoms with E-state index >= 15 is 0 Å².